The number of anilines is 2. The van der Waals surface area contributed by atoms with E-state index >= 15 is 0 Å². The molecule has 0 spiro atoms. The van der Waals surface area contributed by atoms with Crippen LogP contribution in [0.5, 0.6) is 0 Å². The molecule has 2 rings (SSSR count). The van der Waals surface area contributed by atoms with Gasteiger partial charge in [-0.2, -0.15) is 0 Å². The first-order valence-corrected chi connectivity index (χ1v) is 6.32. The van der Waals surface area contributed by atoms with Crippen LogP contribution in [0.25, 0.3) is 0 Å². The van der Waals surface area contributed by atoms with Crippen LogP contribution in [-0.2, 0) is 0 Å². The molecule has 1 aromatic heterocycles. The van der Waals surface area contributed by atoms with E-state index in [1.165, 1.54) is 11.9 Å². The SMILES string of the molecule is CC(C)c1cccc(Nc2ncnc(Cl)c2C=O)c1. The van der Waals surface area contributed by atoms with Gasteiger partial charge in [-0.3, -0.25) is 4.79 Å². The lowest BCUT2D eigenvalue weighted by molar-refractivity contribution is 0.112. The Morgan fingerprint density at radius 3 is 2.79 bits per heavy atom. The van der Waals surface area contributed by atoms with E-state index in [1.54, 1.807) is 0 Å². The fraction of sp³-hybridized carbons (Fsp3) is 0.214. The van der Waals surface area contributed by atoms with Crippen molar-refractivity contribution in [2.75, 3.05) is 5.32 Å². The van der Waals surface area contributed by atoms with Crippen molar-refractivity contribution in [3.05, 3.63) is 46.9 Å². The van der Waals surface area contributed by atoms with E-state index in [-0.39, 0.29) is 10.7 Å². The Kier molecular flexibility index (Phi) is 4.12. The number of carbonyl (C=O) groups is 1. The van der Waals surface area contributed by atoms with E-state index in [1.807, 2.05) is 18.2 Å². The van der Waals surface area contributed by atoms with Crippen molar-refractivity contribution in [3.8, 4) is 0 Å². The lowest BCUT2D eigenvalue weighted by Crippen LogP contribution is -2.01. The Labute approximate surface area is 116 Å². The number of hydrogen-bond acceptors (Lipinski definition) is 4. The van der Waals surface area contributed by atoms with Crippen molar-refractivity contribution in [1.29, 1.82) is 0 Å². The van der Waals surface area contributed by atoms with E-state index in [2.05, 4.69) is 35.2 Å². The highest BCUT2D eigenvalue weighted by Crippen LogP contribution is 2.24. The van der Waals surface area contributed by atoms with Crippen molar-refractivity contribution in [2.24, 2.45) is 0 Å². The summed E-state index contributed by atoms with van der Waals surface area (Å²) in [5, 5.41) is 3.24. The average Bonchev–Trinajstić information content (AvgIpc) is 2.39. The molecule has 0 bridgehead atoms. The average molecular weight is 276 g/mol. The summed E-state index contributed by atoms with van der Waals surface area (Å²) in [6.45, 7) is 4.25. The Bertz CT molecular complexity index is 599. The Balaban J connectivity index is 2.33. The summed E-state index contributed by atoms with van der Waals surface area (Å²) in [5.74, 6) is 0.845. The predicted molar refractivity (Wildman–Crippen MR) is 76.2 cm³/mol. The van der Waals surface area contributed by atoms with Crippen LogP contribution in [0.2, 0.25) is 5.15 Å². The van der Waals surface area contributed by atoms with Crippen LogP contribution in [0.3, 0.4) is 0 Å². The zero-order valence-electron chi connectivity index (χ0n) is 10.7. The second-order valence-electron chi connectivity index (χ2n) is 4.45. The fourth-order valence-electron chi connectivity index (χ4n) is 1.69. The highest BCUT2D eigenvalue weighted by atomic mass is 35.5. The Hall–Kier alpha value is -1.94. The van der Waals surface area contributed by atoms with Gasteiger partial charge in [0.1, 0.15) is 17.3 Å². The molecule has 1 aromatic carbocycles. The smallest absolute Gasteiger partial charge is 0.156 e. The maximum atomic E-state index is 11.0. The number of rotatable bonds is 4. The summed E-state index contributed by atoms with van der Waals surface area (Å²) in [6, 6.07) is 7.95. The largest absolute Gasteiger partial charge is 0.339 e. The molecule has 2 aromatic rings. The van der Waals surface area contributed by atoms with Gasteiger partial charge in [-0.05, 0) is 23.6 Å². The molecule has 98 valence electrons. The summed E-state index contributed by atoms with van der Waals surface area (Å²) in [6.07, 6.45) is 1.97. The minimum Gasteiger partial charge on any atom is -0.339 e. The number of carbonyl (C=O) groups excluding carboxylic acids is 1. The molecule has 4 nitrogen and oxygen atoms in total. The molecule has 1 heterocycles. The number of aromatic nitrogens is 2. The topological polar surface area (TPSA) is 54.9 Å². The molecule has 0 unspecified atom stereocenters. The molecular weight excluding hydrogens is 262 g/mol. The van der Waals surface area contributed by atoms with Gasteiger partial charge in [0.05, 0.1) is 5.56 Å². The number of aldehydes is 1. The summed E-state index contributed by atoms with van der Waals surface area (Å²) in [4.78, 5) is 18.8. The quantitative estimate of drug-likeness (QED) is 0.681. The molecule has 1 N–H and O–H groups in total. The van der Waals surface area contributed by atoms with Gasteiger partial charge in [0.2, 0.25) is 0 Å². The molecule has 0 aliphatic rings. The van der Waals surface area contributed by atoms with E-state index in [0.29, 0.717) is 18.0 Å². The van der Waals surface area contributed by atoms with Crippen molar-refractivity contribution in [2.45, 2.75) is 19.8 Å². The molecule has 0 saturated heterocycles. The molecule has 19 heavy (non-hydrogen) atoms. The van der Waals surface area contributed by atoms with Crippen LogP contribution in [0.1, 0.15) is 35.7 Å². The van der Waals surface area contributed by atoms with Gasteiger partial charge < -0.3 is 5.32 Å². The molecule has 0 aliphatic heterocycles. The minimum atomic E-state index is 0.146. The van der Waals surface area contributed by atoms with Gasteiger partial charge in [0.15, 0.2) is 6.29 Å². The normalized spacial score (nSPS) is 10.5. The van der Waals surface area contributed by atoms with Gasteiger partial charge in [-0.25, -0.2) is 9.97 Å². The number of halogens is 1. The van der Waals surface area contributed by atoms with Crippen molar-refractivity contribution in [1.82, 2.24) is 9.97 Å². The number of nitrogens with zero attached hydrogens (tertiary/aromatic N) is 2. The highest BCUT2D eigenvalue weighted by molar-refractivity contribution is 6.32. The van der Waals surface area contributed by atoms with E-state index < -0.39 is 0 Å². The summed E-state index contributed by atoms with van der Waals surface area (Å²) >= 11 is 5.86. The van der Waals surface area contributed by atoms with Gasteiger partial charge in [-0.1, -0.05) is 37.6 Å². The number of benzene rings is 1. The standard InChI is InChI=1S/C14H14ClN3O/c1-9(2)10-4-3-5-11(6-10)18-14-12(7-19)13(15)16-8-17-14/h3-9H,1-2H3,(H,16,17,18). The first kappa shape index (κ1) is 13.5. The van der Waals surface area contributed by atoms with Crippen LogP contribution in [0.15, 0.2) is 30.6 Å². The third-order valence-corrected chi connectivity index (χ3v) is 3.07. The van der Waals surface area contributed by atoms with Crippen LogP contribution in [0, 0.1) is 0 Å². The summed E-state index contributed by atoms with van der Waals surface area (Å²) in [7, 11) is 0. The van der Waals surface area contributed by atoms with Crippen LogP contribution in [-0.4, -0.2) is 16.3 Å². The van der Waals surface area contributed by atoms with E-state index in [4.69, 9.17) is 11.6 Å². The summed E-state index contributed by atoms with van der Waals surface area (Å²) < 4.78 is 0. The molecule has 0 radical (unpaired) electrons. The predicted octanol–water partition coefficient (Wildman–Crippen LogP) is 3.81. The van der Waals surface area contributed by atoms with Crippen molar-refractivity contribution >= 4 is 29.4 Å². The molecule has 5 heteroatoms. The summed E-state index contributed by atoms with van der Waals surface area (Å²) in [5.41, 5.74) is 2.33. The first-order chi connectivity index (χ1) is 9.11. The van der Waals surface area contributed by atoms with E-state index in [9.17, 15) is 4.79 Å². The van der Waals surface area contributed by atoms with Gasteiger partial charge in [-0.15, -0.1) is 0 Å². The van der Waals surface area contributed by atoms with Crippen LogP contribution in [0.4, 0.5) is 11.5 Å². The fourth-order valence-corrected chi connectivity index (χ4v) is 1.87. The maximum absolute atomic E-state index is 11.0. The second kappa shape index (κ2) is 5.80. The third kappa shape index (κ3) is 3.09. The first-order valence-electron chi connectivity index (χ1n) is 5.94. The van der Waals surface area contributed by atoms with Gasteiger partial charge in [0, 0.05) is 5.69 Å². The minimum absolute atomic E-state index is 0.146. The lowest BCUT2D eigenvalue weighted by atomic mass is 10.0. The van der Waals surface area contributed by atoms with Crippen LogP contribution >= 0.6 is 11.6 Å². The lowest BCUT2D eigenvalue weighted by Gasteiger charge is -2.11. The van der Waals surface area contributed by atoms with Gasteiger partial charge in [0.25, 0.3) is 0 Å². The second-order valence-corrected chi connectivity index (χ2v) is 4.81. The Morgan fingerprint density at radius 1 is 1.32 bits per heavy atom. The molecular formula is C14H14ClN3O. The third-order valence-electron chi connectivity index (χ3n) is 2.77. The number of nitrogens with one attached hydrogen (secondary N) is 1. The molecule has 0 aliphatic carbocycles. The molecule has 0 saturated carbocycles. The Morgan fingerprint density at radius 2 is 2.11 bits per heavy atom. The number of hydrogen-bond donors (Lipinski definition) is 1. The van der Waals surface area contributed by atoms with Crippen molar-refractivity contribution in [3.63, 3.8) is 0 Å². The monoisotopic (exact) mass is 275 g/mol. The molecule has 0 fully saturated rings. The van der Waals surface area contributed by atoms with E-state index in [0.717, 1.165) is 5.69 Å². The van der Waals surface area contributed by atoms with Gasteiger partial charge >= 0.3 is 0 Å². The van der Waals surface area contributed by atoms with Crippen molar-refractivity contribution < 1.29 is 4.79 Å². The van der Waals surface area contributed by atoms with Crippen LogP contribution < -0.4 is 5.32 Å². The maximum Gasteiger partial charge on any atom is 0.156 e. The zero-order valence-corrected chi connectivity index (χ0v) is 11.5. The zero-order chi connectivity index (χ0) is 13.8. The molecule has 0 amide bonds. The molecule has 0 atom stereocenters. The highest BCUT2D eigenvalue weighted by Gasteiger charge is 2.09.